The fourth-order valence-corrected chi connectivity index (χ4v) is 3.45. The molecule has 4 heteroatoms. The maximum atomic E-state index is 13.4. The monoisotopic (exact) mass is 395 g/mol. The SMILES string of the molecule is Cc1ccc(C2=N/C(=C/c3ccc(N(C)C)cc3)C(=O)N2c2cccc(C)c2)cc1. The summed E-state index contributed by atoms with van der Waals surface area (Å²) in [5, 5.41) is 0. The molecule has 0 unspecified atom stereocenters. The highest BCUT2D eigenvalue weighted by molar-refractivity contribution is 6.33. The van der Waals surface area contributed by atoms with Crippen LogP contribution in [0.4, 0.5) is 11.4 Å². The summed E-state index contributed by atoms with van der Waals surface area (Å²) in [6.07, 6.45) is 1.85. The molecule has 1 heterocycles. The number of amides is 1. The van der Waals surface area contributed by atoms with Crippen LogP contribution in [-0.4, -0.2) is 25.8 Å². The summed E-state index contributed by atoms with van der Waals surface area (Å²) in [4.78, 5) is 21.9. The zero-order valence-electron chi connectivity index (χ0n) is 17.8. The molecule has 0 aromatic heterocycles. The first-order valence-corrected chi connectivity index (χ1v) is 9.98. The summed E-state index contributed by atoms with van der Waals surface area (Å²) in [6, 6.07) is 24.1. The normalized spacial score (nSPS) is 14.9. The molecule has 0 saturated heterocycles. The van der Waals surface area contributed by atoms with Crippen molar-refractivity contribution < 1.29 is 4.79 Å². The van der Waals surface area contributed by atoms with Crippen LogP contribution in [0.15, 0.2) is 83.5 Å². The summed E-state index contributed by atoms with van der Waals surface area (Å²) in [5.41, 5.74) is 6.50. The predicted octanol–water partition coefficient (Wildman–Crippen LogP) is 5.20. The van der Waals surface area contributed by atoms with Crippen molar-refractivity contribution >= 4 is 29.2 Å². The van der Waals surface area contributed by atoms with E-state index in [-0.39, 0.29) is 5.91 Å². The van der Waals surface area contributed by atoms with Crippen molar-refractivity contribution in [1.82, 2.24) is 0 Å². The third-order valence-corrected chi connectivity index (χ3v) is 5.14. The minimum absolute atomic E-state index is 0.118. The second-order valence-corrected chi connectivity index (χ2v) is 7.80. The quantitative estimate of drug-likeness (QED) is 0.569. The molecule has 0 N–H and O–H groups in total. The first-order valence-electron chi connectivity index (χ1n) is 9.98. The second-order valence-electron chi connectivity index (χ2n) is 7.80. The second kappa shape index (κ2) is 7.99. The maximum absolute atomic E-state index is 13.4. The zero-order chi connectivity index (χ0) is 21.3. The Morgan fingerprint density at radius 2 is 1.57 bits per heavy atom. The van der Waals surface area contributed by atoms with E-state index in [2.05, 4.69) is 0 Å². The Hall–Kier alpha value is -3.66. The standard InChI is InChI=1S/C26H25N3O/c1-18-8-12-21(13-9-18)25-27-24(17-20-10-14-22(15-11-20)28(3)4)26(30)29(25)23-7-5-6-19(2)16-23/h5-17H,1-4H3/b24-17+. The van der Waals surface area contributed by atoms with Gasteiger partial charge in [0.2, 0.25) is 0 Å². The molecule has 0 bridgehead atoms. The van der Waals surface area contributed by atoms with Crippen molar-refractivity contribution in [3.63, 3.8) is 0 Å². The lowest BCUT2D eigenvalue weighted by Gasteiger charge is -2.19. The van der Waals surface area contributed by atoms with E-state index in [1.54, 1.807) is 4.90 Å². The van der Waals surface area contributed by atoms with Crippen LogP contribution in [0.5, 0.6) is 0 Å². The molecule has 0 aliphatic carbocycles. The van der Waals surface area contributed by atoms with Gasteiger partial charge in [0.25, 0.3) is 5.91 Å². The Bertz CT molecular complexity index is 1140. The maximum Gasteiger partial charge on any atom is 0.282 e. The van der Waals surface area contributed by atoms with E-state index < -0.39 is 0 Å². The number of anilines is 2. The average molecular weight is 396 g/mol. The Balaban J connectivity index is 1.78. The van der Waals surface area contributed by atoms with Crippen molar-refractivity contribution in [3.8, 4) is 0 Å². The third-order valence-electron chi connectivity index (χ3n) is 5.14. The number of aryl methyl sites for hydroxylation is 2. The molecule has 3 aromatic rings. The zero-order valence-corrected chi connectivity index (χ0v) is 17.8. The molecule has 4 rings (SSSR count). The number of benzene rings is 3. The van der Waals surface area contributed by atoms with Gasteiger partial charge in [-0.3, -0.25) is 9.69 Å². The fourth-order valence-electron chi connectivity index (χ4n) is 3.45. The number of carbonyl (C=O) groups is 1. The molecule has 0 fully saturated rings. The highest BCUT2D eigenvalue weighted by Gasteiger charge is 2.32. The molecule has 1 aliphatic heterocycles. The molecular weight excluding hydrogens is 370 g/mol. The van der Waals surface area contributed by atoms with Crippen LogP contribution in [0.2, 0.25) is 0 Å². The molecule has 30 heavy (non-hydrogen) atoms. The molecule has 0 radical (unpaired) electrons. The van der Waals surface area contributed by atoms with E-state index in [4.69, 9.17) is 4.99 Å². The molecular formula is C26H25N3O. The first kappa shape index (κ1) is 19.6. The molecule has 0 atom stereocenters. The minimum Gasteiger partial charge on any atom is -0.378 e. The van der Waals surface area contributed by atoms with E-state index in [0.717, 1.165) is 28.1 Å². The van der Waals surface area contributed by atoms with E-state index >= 15 is 0 Å². The minimum atomic E-state index is -0.118. The topological polar surface area (TPSA) is 35.9 Å². The molecule has 1 amide bonds. The van der Waals surface area contributed by atoms with Crippen molar-refractivity contribution in [2.24, 2.45) is 4.99 Å². The summed E-state index contributed by atoms with van der Waals surface area (Å²) < 4.78 is 0. The number of aliphatic imine (C=N–C) groups is 1. The van der Waals surface area contributed by atoms with Crippen LogP contribution in [0.1, 0.15) is 22.3 Å². The smallest absolute Gasteiger partial charge is 0.282 e. The lowest BCUT2D eigenvalue weighted by Crippen LogP contribution is -2.32. The van der Waals surface area contributed by atoms with Gasteiger partial charge in [0, 0.05) is 25.3 Å². The van der Waals surface area contributed by atoms with Crippen LogP contribution < -0.4 is 9.80 Å². The van der Waals surface area contributed by atoms with Gasteiger partial charge in [-0.15, -0.1) is 0 Å². The van der Waals surface area contributed by atoms with Gasteiger partial charge in [0.1, 0.15) is 11.5 Å². The van der Waals surface area contributed by atoms with E-state index in [9.17, 15) is 4.79 Å². The van der Waals surface area contributed by atoms with E-state index in [1.165, 1.54) is 5.56 Å². The molecule has 4 nitrogen and oxygen atoms in total. The van der Waals surface area contributed by atoms with E-state index in [1.807, 2.05) is 112 Å². The van der Waals surface area contributed by atoms with Crippen LogP contribution in [0.3, 0.4) is 0 Å². The number of amidine groups is 1. The Kier molecular flexibility index (Phi) is 5.23. The number of hydrogen-bond donors (Lipinski definition) is 0. The Morgan fingerprint density at radius 3 is 2.20 bits per heavy atom. The lowest BCUT2D eigenvalue weighted by molar-refractivity contribution is -0.113. The Morgan fingerprint density at radius 1 is 0.867 bits per heavy atom. The van der Waals surface area contributed by atoms with Crippen LogP contribution in [0, 0.1) is 13.8 Å². The van der Waals surface area contributed by atoms with Crippen molar-refractivity contribution in [3.05, 3.63) is 101 Å². The van der Waals surface area contributed by atoms with Gasteiger partial charge in [-0.25, -0.2) is 4.99 Å². The summed E-state index contributed by atoms with van der Waals surface area (Å²) in [5.74, 6) is 0.537. The number of rotatable bonds is 4. The number of carbonyl (C=O) groups excluding carboxylic acids is 1. The van der Waals surface area contributed by atoms with Gasteiger partial charge in [0.15, 0.2) is 0 Å². The summed E-state index contributed by atoms with van der Waals surface area (Å²) >= 11 is 0. The van der Waals surface area contributed by atoms with Gasteiger partial charge >= 0.3 is 0 Å². The van der Waals surface area contributed by atoms with E-state index in [0.29, 0.717) is 11.5 Å². The summed E-state index contributed by atoms with van der Waals surface area (Å²) in [6.45, 7) is 4.07. The van der Waals surface area contributed by atoms with Gasteiger partial charge in [-0.05, 0) is 55.3 Å². The van der Waals surface area contributed by atoms with Crippen molar-refractivity contribution in [1.29, 1.82) is 0 Å². The van der Waals surface area contributed by atoms with Gasteiger partial charge in [-0.2, -0.15) is 0 Å². The lowest BCUT2D eigenvalue weighted by atomic mass is 10.1. The molecule has 150 valence electrons. The van der Waals surface area contributed by atoms with Crippen LogP contribution >= 0.6 is 0 Å². The molecule has 0 saturated carbocycles. The fraction of sp³-hybridized carbons (Fsp3) is 0.154. The van der Waals surface area contributed by atoms with Gasteiger partial charge in [-0.1, -0.05) is 54.1 Å². The number of nitrogens with zero attached hydrogens (tertiary/aromatic N) is 3. The highest BCUT2D eigenvalue weighted by atomic mass is 16.2. The molecule has 3 aromatic carbocycles. The van der Waals surface area contributed by atoms with Gasteiger partial charge in [0.05, 0.1) is 5.69 Å². The van der Waals surface area contributed by atoms with Crippen molar-refractivity contribution in [2.75, 3.05) is 23.9 Å². The highest BCUT2D eigenvalue weighted by Crippen LogP contribution is 2.29. The first-order chi connectivity index (χ1) is 14.4. The van der Waals surface area contributed by atoms with Crippen LogP contribution in [0.25, 0.3) is 6.08 Å². The van der Waals surface area contributed by atoms with Gasteiger partial charge < -0.3 is 4.90 Å². The third kappa shape index (κ3) is 3.90. The Labute approximate surface area is 177 Å². The largest absolute Gasteiger partial charge is 0.378 e. The molecule has 1 aliphatic rings. The average Bonchev–Trinajstić information content (AvgIpc) is 3.05. The summed E-state index contributed by atoms with van der Waals surface area (Å²) in [7, 11) is 4.01. The molecule has 0 spiro atoms. The predicted molar refractivity (Wildman–Crippen MR) is 125 cm³/mol. The van der Waals surface area contributed by atoms with Crippen LogP contribution in [-0.2, 0) is 4.79 Å². The van der Waals surface area contributed by atoms with Crippen molar-refractivity contribution in [2.45, 2.75) is 13.8 Å². The number of hydrogen-bond acceptors (Lipinski definition) is 3.